The second-order valence-corrected chi connectivity index (χ2v) is 4.18. The van der Waals surface area contributed by atoms with Gasteiger partial charge in [0.25, 0.3) is 0 Å². The van der Waals surface area contributed by atoms with E-state index >= 15 is 0 Å². The Morgan fingerprint density at radius 1 is 1.17 bits per heavy atom. The number of carboxylic acids is 1. The number of nitrogens with one attached hydrogen (secondary N) is 1. The van der Waals surface area contributed by atoms with E-state index in [1.165, 1.54) is 4.90 Å². The maximum atomic E-state index is 11.7. The molecule has 0 radical (unpaired) electrons. The highest BCUT2D eigenvalue weighted by atomic mass is 16.4. The minimum atomic E-state index is -0.941. The number of carboxylic acid groups (broad SMARTS) is 1. The lowest BCUT2D eigenvalue weighted by atomic mass is 10.1. The van der Waals surface area contributed by atoms with E-state index in [1.807, 2.05) is 13.8 Å². The number of nitrogens with zero attached hydrogens (tertiary/aromatic N) is 1. The Hall–Kier alpha value is -1.59. The molecule has 0 unspecified atom stereocenters. The largest absolute Gasteiger partial charge is 0.481 e. The Labute approximate surface area is 107 Å². The second kappa shape index (κ2) is 8.49. The Morgan fingerprint density at radius 3 is 2.17 bits per heavy atom. The van der Waals surface area contributed by atoms with Crippen LogP contribution in [0.5, 0.6) is 0 Å². The first-order valence-corrected chi connectivity index (χ1v) is 6.20. The van der Waals surface area contributed by atoms with Crippen molar-refractivity contribution >= 4 is 17.9 Å². The van der Waals surface area contributed by atoms with E-state index in [-0.39, 0.29) is 25.3 Å². The number of rotatable bonds is 7. The van der Waals surface area contributed by atoms with Crippen LogP contribution in [-0.4, -0.2) is 41.0 Å². The van der Waals surface area contributed by atoms with Crippen LogP contribution >= 0.6 is 0 Å². The molecule has 3 amide bonds. The molecule has 0 fully saturated rings. The van der Waals surface area contributed by atoms with Gasteiger partial charge in [0.1, 0.15) is 0 Å². The third kappa shape index (κ3) is 6.22. The summed E-state index contributed by atoms with van der Waals surface area (Å²) < 4.78 is 0. The molecule has 0 spiro atoms. The summed E-state index contributed by atoms with van der Waals surface area (Å²) in [4.78, 5) is 34.9. The highest BCUT2D eigenvalue weighted by Crippen LogP contribution is 2.06. The van der Waals surface area contributed by atoms with Crippen molar-refractivity contribution in [3.63, 3.8) is 0 Å². The lowest BCUT2D eigenvalue weighted by Gasteiger charge is -2.26. The van der Waals surface area contributed by atoms with Gasteiger partial charge in [0, 0.05) is 25.9 Å². The molecule has 0 saturated carbocycles. The van der Waals surface area contributed by atoms with Gasteiger partial charge < -0.3 is 10.0 Å². The summed E-state index contributed by atoms with van der Waals surface area (Å²) in [6, 6.07) is -0.319. The van der Waals surface area contributed by atoms with Gasteiger partial charge >= 0.3 is 12.0 Å². The first-order chi connectivity index (χ1) is 8.42. The molecule has 0 bridgehead atoms. The first kappa shape index (κ1) is 16.4. The van der Waals surface area contributed by atoms with Crippen molar-refractivity contribution in [2.75, 3.05) is 7.05 Å². The molecule has 104 valence electrons. The van der Waals surface area contributed by atoms with E-state index in [9.17, 15) is 14.4 Å². The number of hydrogen-bond donors (Lipinski definition) is 2. The summed E-state index contributed by atoms with van der Waals surface area (Å²) in [6.45, 7) is 3.96. The van der Waals surface area contributed by atoms with Crippen LogP contribution in [0.25, 0.3) is 0 Å². The first-order valence-electron chi connectivity index (χ1n) is 6.20. The zero-order chi connectivity index (χ0) is 14.1. The van der Waals surface area contributed by atoms with Crippen LogP contribution in [0.2, 0.25) is 0 Å². The van der Waals surface area contributed by atoms with Crippen LogP contribution in [0.1, 0.15) is 46.0 Å². The van der Waals surface area contributed by atoms with Crippen molar-refractivity contribution in [2.24, 2.45) is 0 Å². The second-order valence-electron chi connectivity index (χ2n) is 4.18. The molecule has 0 aliphatic heterocycles. The topological polar surface area (TPSA) is 86.7 Å². The molecule has 0 aliphatic rings. The van der Waals surface area contributed by atoms with Gasteiger partial charge in [-0.05, 0) is 19.3 Å². The smallest absolute Gasteiger partial charge is 0.324 e. The molecule has 0 heterocycles. The van der Waals surface area contributed by atoms with Gasteiger partial charge in [-0.1, -0.05) is 13.8 Å². The van der Waals surface area contributed by atoms with Gasteiger partial charge in [0.15, 0.2) is 0 Å². The minimum absolute atomic E-state index is 0.0504. The highest BCUT2D eigenvalue weighted by Gasteiger charge is 2.18. The molecule has 0 aromatic carbocycles. The standard InChI is InChI=1S/C12H22N2O4/c1-4-9(5-2)14(3)12(18)13-10(15)7-6-8-11(16)17/h9H,4-8H2,1-3H3,(H,16,17)(H,13,15,18). The number of carbonyl (C=O) groups is 3. The van der Waals surface area contributed by atoms with E-state index < -0.39 is 17.9 Å². The quantitative estimate of drug-likeness (QED) is 0.726. The monoisotopic (exact) mass is 258 g/mol. The molecule has 0 aromatic rings. The molecule has 6 nitrogen and oxygen atoms in total. The zero-order valence-corrected chi connectivity index (χ0v) is 11.2. The summed E-state index contributed by atoms with van der Waals surface area (Å²) in [5.74, 6) is -1.37. The highest BCUT2D eigenvalue weighted by molar-refractivity contribution is 5.94. The van der Waals surface area contributed by atoms with Gasteiger partial charge in [0.05, 0.1) is 0 Å². The number of imide groups is 1. The maximum absolute atomic E-state index is 11.7. The molecular formula is C12H22N2O4. The van der Waals surface area contributed by atoms with Crippen LogP contribution in [0.4, 0.5) is 4.79 Å². The average Bonchev–Trinajstić information content (AvgIpc) is 2.29. The number of aliphatic carboxylic acids is 1. The predicted molar refractivity (Wildman–Crippen MR) is 67.2 cm³/mol. The third-order valence-electron chi connectivity index (χ3n) is 2.85. The number of carbonyl (C=O) groups excluding carboxylic acids is 2. The fourth-order valence-corrected chi connectivity index (χ4v) is 1.67. The van der Waals surface area contributed by atoms with Gasteiger partial charge in [0.2, 0.25) is 5.91 Å². The summed E-state index contributed by atoms with van der Waals surface area (Å²) in [7, 11) is 1.65. The SMILES string of the molecule is CCC(CC)N(C)C(=O)NC(=O)CCCC(=O)O. The van der Waals surface area contributed by atoms with E-state index in [1.54, 1.807) is 7.05 Å². The maximum Gasteiger partial charge on any atom is 0.324 e. The molecular weight excluding hydrogens is 236 g/mol. The fraction of sp³-hybridized carbons (Fsp3) is 0.750. The molecule has 0 aliphatic carbocycles. The van der Waals surface area contributed by atoms with Gasteiger partial charge in [-0.25, -0.2) is 4.79 Å². The van der Waals surface area contributed by atoms with Crippen molar-refractivity contribution in [1.29, 1.82) is 0 Å². The summed E-state index contributed by atoms with van der Waals surface area (Å²) in [6.07, 6.45) is 1.88. The van der Waals surface area contributed by atoms with E-state index in [0.29, 0.717) is 0 Å². The van der Waals surface area contributed by atoms with Crippen molar-refractivity contribution in [1.82, 2.24) is 10.2 Å². The molecule has 0 saturated heterocycles. The summed E-state index contributed by atoms with van der Waals surface area (Å²) in [5, 5.41) is 10.7. The van der Waals surface area contributed by atoms with E-state index in [4.69, 9.17) is 5.11 Å². The average molecular weight is 258 g/mol. The van der Waals surface area contributed by atoms with Crippen LogP contribution in [0.15, 0.2) is 0 Å². The van der Waals surface area contributed by atoms with Crippen molar-refractivity contribution < 1.29 is 19.5 Å². The Bertz CT molecular complexity index is 300. The van der Waals surface area contributed by atoms with E-state index in [0.717, 1.165) is 12.8 Å². The Morgan fingerprint density at radius 2 is 1.72 bits per heavy atom. The van der Waals surface area contributed by atoms with E-state index in [2.05, 4.69) is 5.32 Å². The number of urea groups is 1. The summed E-state index contributed by atoms with van der Waals surface area (Å²) >= 11 is 0. The molecule has 18 heavy (non-hydrogen) atoms. The molecule has 0 aromatic heterocycles. The van der Waals surface area contributed by atoms with Crippen LogP contribution < -0.4 is 5.32 Å². The van der Waals surface area contributed by atoms with Gasteiger partial charge in [-0.3, -0.25) is 14.9 Å². The normalized spacial score (nSPS) is 10.2. The zero-order valence-electron chi connectivity index (χ0n) is 11.2. The minimum Gasteiger partial charge on any atom is -0.481 e. The number of amides is 3. The van der Waals surface area contributed by atoms with Crippen LogP contribution in [0, 0.1) is 0 Å². The molecule has 0 atom stereocenters. The van der Waals surface area contributed by atoms with Crippen molar-refractivity contribution in [2.45, 2.75) is 52.0 Å². The lowest BCUT2D eigenvalue weighted by Crippen LogP contribution is -2.45. The van der Waals surface area contributed by atoms with Crippen molar-refractivity contribution in [3.05, 3.63) is 0 Å². The molecule has 0 rings (SSSR count). The van der Waals surface area contributed by atoms with Crippen LogP contribution in [-0.2, 0) is 9.59 Å². The number of hydrogen-bond acceptors (Lipinski definition) is 3. The van der Waals surface area contributed by atoms with Crippen molar-refractivity contribution in [3.8, 4) is 0 Å². The van der Waals surface area contributed by atoms with Crippen LogP contribution in [0.3, 0.4) is 0 Å². The Kier molecular flexibility index (Phi) is 7.74. The van der Waals surface area contributed by atoms with Gasteiger partial charge in [-0.15, -0.1) is 0 Å². The molecule has 6 heteroatoms. The Balaban J connectivity index is 4.06. The third-order valence-corrected chi connectivity index (χ3v) is 2.85. The van der Waals surface area contributed by atoms with Gasteiger partial charge in [-0.2, -0.15) is 0 Å². The molecule has 2 N–H and O–H groups in total. The lowest BCUT2D eigenvalue weighted by molar-refractivity contribution is -0.137. The summed E-state index contributed by atoms with van der Waals surface area (Å²) in [5.41, 5.74) is 0. The predicted octanol–water partition coefficient (Wildman–Crippen LogP) is 1.60. The fourth-order valence-electron chi connectivity index (χ4n) is 1.67.